The molecular weight excluding hydrogens is 506 g/mol. The van der Waals surface area contributed by atoms with Crippen molar-refractivity contribution < 1.29 is 9.90 Å². The number of aliphatic hydroxyl groups is 1. The molecule has 0 radical (unpaired) electrons. The number of nitrogens with one attached hydrogen (secondary N) is 2. The quantitative estimate of drug-likeness (QED) is 0.388. The summed E-state index contributed by atoms with van der Waals surface area (Å²) in [5, 5.41) is 17.1. The van der Waals surface area contributed by atoms with Gasteiger partial charge in [0.15, 0.2) is 11.5 Å². The van der Waals surface area contributed by atoms with E-state index in [-0.39, 0.29) is 11.7 Å². The molecule has 40 heavy (non-hydrogen) atoms. The first kappa shape index (κ1) is 28.5. The Morgan fingerprint density at radius 2 is 1.75 bits per heavy atom. The number of primary amides is 1. The van der Waals surface area contributed by atoms with Crippen LogP contribution < -0.4 is 21.3 Å². The number of carbonyl (C=O) groups is 1. The zero-order valence-corrected chi connectivity index (χ0v) is 24.2. The summed E-state index contributed by atoms with van der Waals surface area (Å²) in [6, 6.07) is 4.83. The summed E-state index contributed by atoms with van der Waals surface area (Å²) in [6.07, 6.45) is 7.85. The topological polar surface area (TPSA) is 136 Å². The van der Waals surface area contributed by atoms with Gasteiger partial charge in [0.25, 0.3) is 5.91 Å². The molecule has 2 aliphatic heterocycles. The van der Waals surface area contributed by atoms with Crippen molar-refractivity contribution in [2.45, 2.75) is 76.5 Å². The van der Waals surface area contributed by atoms with Gasteiger partial charge in [-0.05, 0) is 71.0 Å². The van der Waals surface area contributed by atoms with E-state index in [4.69, 9.17) is 15.7 Å². The molecule has 0 unspecified atom stereocenters. The molecule has 2 aromatic heterocycles. The van der Waals surface area contributed by atoms with Gasteiger partial charge in [0, 0.05) is 51.4 Å². The first-order valence-corrected chi connectivity index (χ1v) is 14.8. The third-order valence-corrected chi connectivity index (χ3v) is 8.79. The Bertz CT molecular complexity index is 1150. The van der Waals surface area contributed by atoms with Gasteiger partial charge >= 0.3 is 0 Å². The average Bonchev–Trinajstić information content (AvgIpc) is 2.95. The Hall–Kier alpha value is -3.02. The van der Waals surface area contributed by atoms with E-state index in [0.717, 1.165) is 89.3 Å². The van der Waals surface area contributed by atoms with E-state index in [1.165, 1.54) is 0 Å². The lowest BCUT2D eigenvalue weighted by atomic mass is 9.83. The number of hydrogen-bond donors (Lipinski definition) is 4. The predicted octanol–water partition coefficient (Wildman–Crippen LogP) is 2.60. The number of piperidine rings is 1. The predicted molar refractivity (Wildman–Crippen MR) is 158 cm³/mol. The summed E-state index contributed by atoms with van der Waals surface area (Å²) < 4.78 is 0. The highest BCUT2D eigenvalue weighted by atomic mass is 16.3. The molecule has 4 heterocycles. The van der Waals surface area contributed by atoms with Crippen molar-refractivity contribution in [2.24, 2.45) is 5.73 Å². The van der Waals surface area contributed by atoms with Crippen LogP contribution in [0.3, 0.4) is 0 Å². The number of amides is 1. The Morgan fingerprint density at radius 3 is 2.35 bits per heavy atom. The summed E-state index contributed by atoms with van der Waals surface area (Å²) >= 11 is 0. The number of likely N-dealkylation sites (N-methyl/N-ethyl adjacent to an activating group) is 1. The van der Waals surface area contributed by atoms with Crippen molar-refractivity contribution in [3.8, 4) is 0 Å². The third kappa shape index (κ3) is 6.82. The molecule has 1 amide bonds. The fourth-order valence-electron chi connectivity index (χ4n) is 6.10. The highest BCUT2D eigenvalue weighted by molar-refractivity contribution is 5.96. The van der Waals surface area contributed by atoms with Gasteiger partial charge in [-0.15, -0.1) is 0 Å². The largest absolute Gasteiger partial charge is 0.390 e. The van der Waals surface area contributed by atoms with Crippen LogP contribution in [0.1, 0.15) is 68.6 Å². The standard InChI is InChI=1S/C29H45N9O2/c1-4-23-27(32-20-7-11-29(2,40)12-8-20)35-28(25(34-23)26(30)39)33-21-5-6-24(31-19-21)38-13-9-22(10-14-38)37-17-15-36(3)16-18-37/h5-6,19-20,22,40H,4,7-18H2,1-3H3,(H2,30,39)(H2,32,33,35)/t20-,29+. The minimum absolute atomic E-state index is 0.115. The van der Waals surface area contributed by atoms with E-state index < -0.39 is 11.5 Å². The Kier molecular flexibility index (Phi) is 8.72. The molecule has 0 atom stereocenters. The van der Waals surface area contributed by atoms with E-state index in [1.54, 1.807) is 6.20 Å². The molecule has 0 spiro atoms. The van der Waals surface area contributed by atoms with Crippen LogP contribution in [-0.4, -0.2) is 99.8 Å². The molecule has 5 rings (SSSR count). The maximum absolute atomic E-state index is 12.3. The fourth-order valence-corrected chi connectivity index (χ4v) is 6.10. The zero-order chi connectivity index (χ0) is 28.3. The summed E-state index contributed by atoms with van der Waals surface area (Å²) in [7, 11) is 2.20. The molecule has 0 aromatic carbocycles. The van der Waals surface area contributed by atoms with Gasteiger partial charge < -0.3 is 31.3 Å². The van der Waals surface area contributed by atoms with Crippen molar-refractivity contribution in [3.05, 3.63) is 29.7 Å². The molecule has 11 nitrogen and oxygen atoms in total. The molecule has 3 fully saturated rings. The monoisotopic (exact) mass is 551 g/mol. The highest BCUT2D eigenvalue weighted by Crippen LogP contribution is 2.31. The molecule has 5 N–H and O–H groups in total. The van der Waals surface area contributed by atoms with Crippen molar-refractivity contribution in [1.29, 1.82) is 0 Å². The second-order valence-corrected chi connectivity index (χ2v) is 11.9. The average molecular weight is 552 g/mol. The normalized spacial score (nSPS) is 25.1. The number of nitrogens with two attached hydrogens (primary N) is 1. The molecule has 2 saturated heterocycles. The van der Waals surface area contributed by atoms with Crippen LogP contribution in [0.25, 0.3) is 0 Å². The van der Waals surface area contributed by atoms with Crippen LogP contribution >= 0.6 is 0 Å². The third-order valence-electron chi connectivity index (χ3n) is 8.79. The molecule has 218 valence electrons. The highest BCUT2D eigenvalue weighted by Gasteiger charge is 2.30. The lowest BCUT2D eigenvalue weighted by molar-refractivity contribution is 0.0196. The summed E-state index contributed by atoms with van der Waals surface area (Å²) in [5.74, 6) is 1.30. The SMILES string of the molecule is CCc1nc(C(N)=O)c(Nc2ccc(N3CCC(N4CCN(C)CC4)CC3)nc2)nc1N[C@H]1CC[C@@](C)(O)CC1. The molecule has 3 aliphatic rings. The van der Waals surface area contributed by atoms with Gasteiger partial charge in [0.05, 0.1) is 23.2 Å². The summed E-state index contributed by atoms with van der Waals surface area (Å²) in [6.45, 7) is 10.5. The zero-order valence-electron chi connectivity index (χ0n) is 24.2. The Balaban J connectivity index is 1.24. The number of carbonyl (C=O) groups excluding carboxylic acids is 1. The first-order chi connectivity index (χ1) is 19.2. The maximum Gasteiger partial charge on any atom is 0.271 e. The minimum Gasteiger partial charge on any atom is -0.390 e. The van der Waals surface area contributed by atoms with Crippen LogP contribution in [0.15, 0.2) is 18.3 Å². The van der Waals surface area contributed by atoms with E-state index in [2.05, 4.69) is 37.4 Å². The first-order valence-electron chi connectivity index (χ1n) is 14.8. The minimum atomic E-state index is -0.627. The molecular formula is C29H45N9O2. The number of aromatic nitrogens is 3. The van der Waals surface area contributed by atoms with Gasteiger partial charge in [-0.1, -0.05) is 6.92 Å². The maximum atomic E-state index is 12.3. The van der Waals surface area contributed by atoms with Crippen LogP contribution in [0, 0.1) is 0 Å². The summed E-state index contributed by atoms with van der Waals surface area (Å²) in [5.41, 5.74) is 6.61. The number of nitrogens with zero attached hydrogens (tertiary/aromatic N) is 6. The molecule has 1 aliphatic carbocycles. The van der Waals surface area contributed by atoms with Crippen LogP contribution in [0.2, 0.25) is 0 Å². The van der Waals surface area contributed by atoms with Crippen molar-refractivity contribution in [1.82, 2.24) is 24.8 Å². The molecule has 11 heteroatoms. The van der Waals surface area contributed by atoms with Crippen molar-refractivity contribution in [2.75, 3.05) is 61.8 Å². The number of piperazine rings is 1. The van der Waals surface area contributed by atoms with Gasteiger partial charge in [0.2, 0.25) is 0 Å². The van der Waals surface area contributed by atoms with E-state index in [9.17, 15) is 9.90 Å². The molecule has 2 aromatic rings. The van der Waals surface area contributed by atoms with Gasteiger partial charge in [-0.3, -0.25) is 9.69 Å². The molecule has 1 saturated carbocycles. The lowest BCUT2D eigenvalue weighted by Crippen LogP contribution is -2.52. The van der Waals surface area contributed by atoms with Gasteiger partial charge in [-0.25, -0.2) is 15.0 Å². The smallest absolute Gasteiger partial charge is 0.271 e. The summed E-state index contributed by atoms with van der Waals surface area (Å²) in [4.78, 5) is 33.7. The lowest BCUT2D eigenvalue weighted by Gasteiger charge is -2.42. The van der Waals surface area contributed by atoms with Crippen molar-refractivity contribution in [3.63, 3.8) is 0 Å². The van der Waals surface area contributed by atoms with Gasteiger partial charge in [-0.2, -0.15) is 0 Å². The number of hydrogen-bond acceptors (Lipinski definition) is 10. The van der Waals surface area contributed by atoms with Crippen LogP contribution in [-0.2, 0) is 6.42 Å². The fraction of sp³-hybridized carbons (Fsp3) is 0.655. The number of anilines is 4. The Morgan fingerprint density at radius 1 is 1.05 bits per heavy atom. The second-order valence-electron chi connectivity index (χ2n) is 11.9. The van der Waals surface area contributed by atoms with E-state index in [1.807, 2.05) is 26.0 Å². The molecule has 0 bridgehead atoms. The van der Waals surface area contributed by atoms with Crippen molar-refractivity contribution >= 4 is 29.0 Å². The van der Waals surface area contributed by atoms with Crippen LogP contribution in [0.5, 0.6) is 0 Å². The second kappa shape index (κ2) is 12.2. The Labute approximate surface area is 237 Å². The van der Waals surface area contributed by atoms with Crippen LogP contribution in [0.4, 0.5) is 23.1 Å². The number of pyridine rings is 1. The number of aryl methyl sites for hydroxylation is 1. The van der Waals surface area contributed by atoms with E-state index >= 15 is 0 Å². The van der Waals surface area contributed by atoms with Gasteiger partial charge in [0.1, 0.15) is 11.6 Å². The van der Waals surface area contributed by atoms with E-state index in [0.29, 0.717) is 29.8 Å². The number of rotatable bonds is 8.